The molecule has 2 aliphatic heterocycles. The number of thioether (sulfide) groups is 1. The van der Waals surface area contributed by atoms with E-state index in [9.17, 15) is 26.4 Å². The standard InChI is InChI=1S/C18H20ClF3N2O3S2/c1-3-10(4-2)16(25)23-17-24(14-8-29(26,27)9-15(14)28-17)13-7-11(18(20,21)22)5-6-12(13)19/h5-7,10,14-15H,3-4,8-9H2,1-2H3. The van der Waals surface area contributed by atoms with Crippen LogP contribution < -0.4 is 4.90 Å². The molecule has 2 saturated heterocycles. The second-order valence-electron chi connectivity index (χ2n) is 7.08. The lowest BCUT2D eigenvalue weighted by molar-refractivity contribution is -0.137. The molecule has 0 aliphatic carbocycles. The first kappa shape index (κ1) is 22.4. The largest absolute Gasteiger partial charge is 0.416 e. The zero-order chi connectivity index (χ0) is 21.6. The van der Waals surface area contributed by atoms with Crippen LogP contribution in [0, 0.1) is 5.92 Å². The molecule has 5 nitrogen and oxygen atoms in total. The van der Waals surface area contributed by atoms with E-state index in [1.807, 2.05) is 13.8 Å². The SMILES string of the molecule is CCC(CC)C(=O)N=C1SC2CS(=O)(=O)CC2N1c1cc(C(F)(F)F)ccc1Cl. The maximum Gasteiger partial charge on any atom is 0.416 e. The molecule has 0 radical (unpaired) electrons. The van der Waals surface area contributed by atoms with Crippen molar-refractivity contribution in [3.05, 3.63) is 28.8 Å². The summed E-state index contributed by atoms with van der Waals surface area (Å²) in [6, 6.07) is 2.25. The number of aliphatic imine (C=N–C) groups is 1. The average Bonchev–Trinajstić information content (AvgIpc) is 3.06. The molecular weight excluding hydrogens is 449 g/mol. The van der Waals surface area contributed by atoms with Gasteiger partial charge >= 0.3 is 6.18 Å². The van der Waals surface area contributed by atoms with E-state index < -0.39 is 32.9 Å². The van der Waals surface area contributed by atoms with Gasteiger partial charge in [0.15, 0.2) is 15.0 Å². The molecular formula is C18H20ClF3N2O3S2. The maximum atomic E-state index is 13.2. The van der Waals surface area contributed by atoms with Gasteiger partial charge in [-0.1, -0.05) is 37.2 Å². The summed E-state index contributed by atoms with van der Waals surface area (Å²) in [5.74, 6) is -1.01. The highest BCUT2D eigenvalue weighted by Crippen LogP contribution is 2.44. The number of rotatable bonds is 4. The summed E-state index contributed by atoms with van der Waals surface area (Å²) in [6.45, 7) is 3.72. The lowest BCUT2D eigenvalue weighted by Crippen LogP contribution is -2.38. The smallest absolute Gasteiger partial charge is 0.314 e. The molecule has 1 amide bonds. The Kier molecular flexibility index (Phi) is 6.27. The Labute approximate surface area is 176 Å². The Morgan fingerprint density at radius 1 is 1.31 bits per heavy atom. The number of alkyl halides is 3. The molecule has 2 unspecified atom stereocenters. The summed E-state index contributed by atoms with van der Waals surface area (Å²) in [5, 5.41) is -0.182. The first-order chi connectivity index (χ1) is 13.5. The average molecular weight is 469 g/mol. The van der Waals surface area contributed by atoms with Crippen LogP contribution in [-0.4, -0.2) is 42.3 Å². The van der Waals surface area contributed by atoms with Crippen molar-refractivity contribution in [2.45, 2.75) is 44.2 Å². The van der Waals surface area contributed by atoms with Crippen molar-refractivity contribution in [1.29, 1.82) is 0 Å². The van der Waals surface area contributed by atoms with Gasteiger partial charge in [-0.3, -0.25) is 4.79 Å². The van der Waals surface area contributed by atoms with E-state index in [2.05, 4.69) is 4.99 Å². The van der Waals surface area contributed by atoms with Gasteiger partial charge < -0.3 is 4.90 Å². The number of carbonyl (C=O) groups is 1. The van der Waals surface area contributed by atoms with Crippen LogP contribution in [0.25, 0.3) is 0 Å². The molecule has 0 bridgehead atoms. The van der Waals surface area contributed by atoms with Gasteiger partial charge in [-0.05, 0) is 31.0 Å². The fourth-order valence-electron chi connectivity index (χ4n) is 3.54. The summed E-state index contributed by atoms with van der Waals surface area (Å²) < 4.78 is 63.9. The van der Waals surface area contributed by atoms with E-state index in [0.717, 1.165) is 30.0 Å². The third kappa shape index (κ3) is 4.59. The maximum absolute atomic E-state index is 13.2. The van der Waals surface area contributed by atoms with Crippen molar-refractivity contribution >= 4 is 50.0 Å². The summed E-state index contributed by atoms with van der Waals surface area (Å²) in [7, 11) is -3.34. The van der Waals surface area contributed by atoms with Crippen molar-refractivity contribution in [3.63, 3.8) is 0 Å². The molecule has 11 heteroatoms. The molecule has 1 aromatic carbocycles. The van der Waals surface area contributed by atoms with E-state index in [-0.39, 0.29) is 39.2 Å². The molecule has 29 heavy (non-hydrogen) atoms. The molecule has 0 saturated carbocycles. The Morgan fingerprint density at radius 2 is 1.97 bits per heavy atom. The fourth-order valence-corrected chi connectivity index (χ4v) is 7.66. The van der Waals surface area contributed by atoms with Crippen LogP contribution in [-0.2, 0) is 20.8 Å². The zero-order valence-corrected chi connectivity index (χ0v) is 18.1. The first-order valence-electron chi connectivity index (χ1n) is 9.12. The first-order valence-corrected chi connectivity index (χ1v) is 12.2. The highest BCUT2D eigenvalue weighted by atomic mass is 35.5. The molecule has 0 spiro atoms. The van der Waals surface area contributed by atoms with Crippen LogP contribution in [0.3, 0.4) is 0 Å². The number of carbonyl (C=O) groups excluding carboxylic acids is 1. The molecule has 2 atom stereocenters. The molecule has 0 N–H and O–H groups in total. The number of hydrogen-bond donors (Lipinski definition) is 0. The Balaban J connectivity index is 2.09. The van der Waals surface area contributed by atoms with E-state index in [1.165, 1.54) is 4.90 Å². The topological polar surface area (TPSA) is 66.8 Å². The minimum Gasteiger partial charge on any atom is -0.314 e. The summed E-state index contributed by atoms with van der Waals surface area (Å²) in [6.07, 6.45) is -3.42. The van der Waals surface area contributed by atoms with Gasteiger partial charge in [0.05, 0.1) is 33.8 Å². The second kappa shape index (κ2) is 8.11. The number of benzene rings is 1. The quantitative estimate of drug-likeness (QED) is 0.655. The van der Waals surface area contributed by atoms with Gasteiger partial charge in [0.2, 0.25) is 0 Å². The van der Waals surface area contributed by atoms with E-state index in [0.29, 0.717) is 12.8 Å². The number of amides is 1. The molecule has 3 rings (SSSR count). The number of fused-ring (bicyclic) bond motifs is 1. The van der Waals surface area contributed by atoms with Crippen molar-refractivity contribution in [3.8, 4) is 0 Å². The zero-order valence-electron chi connectivity index (χ0n) is 15.7. The van der Waals surface area contributed by atoms with Crippen LogP contribution in [0.1, 0.15) is 32.3 Å². The number of hydrogen-bond acceptors (Lipinski definition) is 4. The highest BCUT2D eigenvalue weighted by molar-refractivity contribution is 8.16. The summed E-state index contributed by atoms with van der Waals surface area (Å²) >= 11 is 7.31. The van der Waals surface area contributed by atoms with Gasteiger partial charge in [0.1, 0.15) is 0 Å². The number of nitrogens with zero attached hydrogens (tertiary/aromatic N) is 2. The van der Waals surface area contributed by atoms with E-state index in [4.69, 9.17) is 11.6 Å². The number of halogens is 4. The van der Waals surface area contributed by atoms with Crippen molar-refractivity contribution in [1.82, 2.24) is 0 Å². The highest BCUT2D eigenvalue weighted by Gasteiger charge is 2.50. The Hall–Kier alpha value is -1.26. The summed E-state index contributed by atoms with van der Waals surface area (Å²) in [5.41, 5.74) is -0.897. The molecule has 1 aromatic rings. The van der Waals surface area contributed by atoms with Gasteiger partial charge in [-0.2, -0.15) is 18.2 Å². The third-order valence-corrected chi connectivity index (χ3v) is 8.67. The van der Waals surface area contributed by atoms with Crippen molar-refractivity contribution in [2.75, 3.05) is 16.4 Å². The molecule has 160 valence electrons. The third-order valence-electron chi connectivity index (χ3n) is 5.14. The lowest BCUT2D eigenvalue weighted by atomic mass is 10.0. The predicted octanol–water partition coefficient (Wildman–Crippen LogP) is 4.40. The molecule has 2 heterocycles. The Morgan fingerprint density at radius 3 is 2.55 bits per heavy atom. The number of amidine groups is 1. The van der Waals surface area contributed by atoms with Gasteiger partial charge in [-0.25, -0.2) is 8.42 Å². The normalized spacial score (nSPS) is 25.1. The van der Waals surface area contributed by atoms with Gasteiger partial charge in [0.25, 0.3) is 5.91 Å². The fraction of sp³-hybridized carbons (Fsp3) is 0.556. The van der Waals surface area contributed by atoms with Gasteiger partial charge in [-0.15, -0.1) is 0 Å². The van der Waals surface area contributed by atoms with E-state index >= 15 is 0 Å². The van der Waals surface area contributed by atoms with Crippen LogP contribution in [0.4, 0.5) is 18.9 Å². The minimum absolute atomic E-state index is 0.00897. The number of anilines is 1. The van der Waals surface area contributed by atoms with Crippen molar-refractivity contribution < 1.29 is 26.4 Å². The van der Waals surface area contributed by atoms with Crippen LogP contribution >= 0.6 is 23.4 Å². The Bertz CT molecular complexity index is 946. The molecule has 2 fully saturated rings. The summed E-state index contributed by atoms with van der Waals surface area (Å²) in [4.78, 5) is 18.1. The molecule has 0 aromatic heterocycles. The predicted molar refractivity (Wildman–Crippen MR) is 109 cm³/mol. The minimum atomic E-state index is -4.59. The molecule has 2 aliphatic rings. The van der Waals surface area contributed by atoms with Crippen LogP contribution in [0.5, 0.6) is 0 Å². The monoisotopic (exact) mass is 468 g/mol. The van der Waals surface area contributed by atoms with Crippen molar-refractivity contribution in [2.24, 2.45) is 10.9 Å². The van der Waals surface area contributed by atoms with Crippen LogP contribution in [0.2, 0.25) is 5.02 Å². The number of sulfone groups is 1. The van der Waals surface area contributed by atoms with Gasteiger partial charge in [0, 0.05) is 11.2 Å². The second-order valence-corrected chi connectivity index (χ2v) is 10.8. The lowest BCUT2D eigenvalue weighted by Gasteiger charge is -2.26. The van der Waals surface area contributed by atoms with Crippen LogP contribution in [0.15, 0.2) is 23.2 Å². The van der Waals surface area contributed by atoms with E-state index in [1.54, 1.807) is 0 Å².